The Morgan fingerprint density at radius 1 is 1.43 bits per heavy atom. The lowest BCUT2D eigenvalue weighted by atomic mass is 9.51. The molecule has 0 bridgehead atoms. The van der Waals surface area contributed by atoms with E-state index in [4.69, 9.17) is 0 Å². The Labute approximate surface area is 46.4 Å². The first-order valence-electron chi connectivity index (χ1n) is 3.29. The first-order chi connectivity index (χ1) is 3.29. The van der Waals surface area contributed by atoms with E-state index in [2.05, 4.69) is 13.6 Å². The van der Waals surface area contributed by atoms with Gasteiger partial charge in [0.05, 0.1) is 0 Å². The zero-order valence-electron chi connectivity index (χ0n) is 5.28. The molecule has 0 radical (unpaired) electrons. The molecule has 0 atom stereocenters. The molecule has 1 saturated carbocycles. The lowest BCUT2D eigenvalue weighted by Crippen LogP contribution is -1.98. The van der Waals surface area contributed by atoms with Crippen LogP contribution in [0.3, 0.4) is 0 Å². The highest BCUT2D eigenvalue weighted by Crippen LogP contribution is 2.33. The van der Waals surface area contributed by atoms with Gasteiger partial charge in [-0.05, 0) is 5.92 Å². The van der Waals surface area contributed by atoms with E-state index in [-0.39, 0.29) is 0 Å². The highest BCUT2D eigenvalue weighted by Gasteiger charge is 2.22. The van der Waals surface area contributed by atoms with Crippen molar-refractivity contribution in [3.05, 3.63) is 0 Å². The SMILES string of the molecule is CB(C)CC1CC1. The van der Waals surface area contributed by atoms with Gasteiger partial charge < -0.3 is 0 Å². The zero-order chi connectivity index (χ0) is 5.28. The summed E-state index contributed by atoms with van der Waals surface area (Å²) in [5.74, 6) is 1.12. The Hall–Kier alpha value is 0.0649. The molecule has 0 unspecified atom stereocenters. The Morgan fingerprint density at radius 3 is 2.14 bits per heavy atom. The fourth-order valence-corrected chi connectivity index (χ4v) is 1.02. The van der Waals surface area contributed by atoms with Gasteiger partial charge in [0.15, 0.2) is 0 Å². The Bertz CT molecular complexity index is 55.2. The summed E-state index contributed by atoms with van der Waals surface area (Å²) in [4.78, 5) is 0. The van der Waals surface area contributed by atoms with E-state index in [9.17, 15) is 0 Å². The Kier molecular flexibility index (Phi) is 1.41. The van der Waals surface area contributed by atoms with Crippen molar-refractivity contribution in [3.63, 3.8) is 0 Å². The van der Waals surface area contributed by atoms with Crippen LogP contribution in [0.4, 0.5) is 0 Å². The van der Waals surface area contributed by atoms with Crippen molar-refractivity contribution in [2.45, 2.75) is 32.8 Å². The molecule has 0 heterocycles. The Balaban J connectivity index is 1.97. The summed E-state index contributed by atoms with van der Waals surface area (Å²) in [6.45, 7) is 5.55. The average Bonchev–Trinajstić information content (AvgIpc) is 2.17. The van der Waals surface area contributed by atoms with E-state index in [0.29, 0.717) is 0 Å². The third-order valence-electron chi connectivity index (χ3n) is 1.50. The minimum Gasteiger partial charge on any atom is -0.0863 e. The van der Waals surface area contributed by atoms with Crippen molar-refractivity contribution in [2.75, 3.05) is 0 Å². The lowest BCUT2D eigenvalue weighted by molar-refractivity contribution is 0.961. The van der Waals surface area contributed by atoms with Crippen molar-refractivity contribution < 1.29 is 0 Å². The highest BCUT2D eigenvalue weighted by molar-refractivity contribution is 6.55. The van der Waals surface area contributed by atoms with Gasteiger partial charge >= 0.3 is 0 Å². The van der Waals surface area contributed by atoms with Crippen LogP contribution in [0.2, 0.25) is 20.0 Å². The van der Waals surface area contributed by atoms with Crippen LogP contribution in [0.1, 0.15) is 12.8 Å². The lowest BCUT2D eigenvalue weighted by Gasteiger charge is -1.93. The predicted molar refractivity (Wildman–Crippen MR) is 35.0 cm³/mol. The molecule has 7 heavy (non-hydrogen) atoms. The molecule has 0 N–H and O–H groups in total. The molecule has 1 fully saturated rings. The maximum absolute atomic E-state index is 2.30. The minimum atomic E-state index is 0.937. The first-order valence-corrected chi connectivity index (χ1v) is 3.29. The van der Waals surface area contributed by atoms with Crippen molar-refractivity contribution in [1.82, 2.24) is 0 Å². The zero-order valence-corrected chi connectivity index (χ0v) is 5.28. The molecule has 1 aliphatic carbocycles. The Morgan fingerprint density at radius 2 is 2.00 bits per heavy atom. The summed E-state index contributed by atoms with van der Waals surface area (Å²) in [6, 6.07) is 0. The van der Waals surface area contributed by atoms with E-state index >= 15 is 0 Å². The van der Waals surface area contributed by atoms with E-state index in [1.807, 2.05) is 0 Å². The molecule has 0 aliphatic heterocycles. The monoisotopic (exact) mass is 96.1 g/mol. The quantitative estimate of drug-likeness (QED) is 0.462. The van der Waals surface area contributed by atoms with Crippen LogP contribution in [-0.4, -0.2) is 6.71 Å². The van der Waals surface area contributed by atoms with Gasteiger partial charge in [0.25, 0.3) is 0 Å². The minimum absolute atomic E-state index is 0.937. The van der Waals surface area contributed by atoms with Gasteiger partial charge in [-0.3, -0.25) is 0 Å². The van der Waals surface area contributed by atoms with Crippen LogP contribution >= 0.6 is 0 Å². The van der Waals surface area contributed by atoms with Crippen LogP contribution in [-0.2, 0) is 0 Å². The van der Waals surface area contributed by atoms with E-state index < -0.39 is 0 Å². The molecule has 1 rings (SSSR count). The number of hydrogen-bond acceptors (Lipinski definition) is 0. The smallest absolute Gasteiger partial charge is 0.0863 e. The van der Waals surface area contributed by atoms with Gasteiger partial charge in [0.1, 0.15) is 6.71 Å². The van der Waals surface area contributed by atoms with Gasteiger partial charge in [-0.2, -0.15) is 0 Å². The molecule has 1 heteroatoms. The molecule has 0 aromatic carbocycles. The van der Waals surface area contributed by atoms with Crippen LogP contribution in [0.25, 0.3) is 0 Å². The topological polar surface area (TPSA) is 0 Å². The fraction of sp³-hybridized carbons (Fsp3) is 1.00. The van der Waals surface area contributed by atoms with Crippen molar-refractivity contribution in [2.24, 2.45) is 5.92 Å². The third-order valence-corrected chi connectivity index (χ3v) is 1.50. The molecule has 0 spiro atoms. The predicted octanol–water partition coefficient (Wildman–Crippen LogP) is 2.15. The van der Waals surface area contributed by atoms with Crippen molar-refractivity contribution >= 4 is 6.71 Å². The van der Waals surface area contributed by atoms with Gasteiger partial charge in [-0.25, -0.2) is 0 Å². The van der Waals surface area contributed by atoms with Gasteiger partial charge in [0, 0.05) is 0 Å². The second kappa shape index (κ2) is 1.89. The van der Waals surface area contributed by atoms with Crippen LogP contribution in [0.15, 0.2) is 0 Å². The van der Waals surface area contributed by atoms with Gasteiger partial charge in [0.2, 0.25) is 0 Å². The maximum atomic E-state index is 2.30. The molecule has 0 aromatic heterocycles. The summed E-state index contributed by atoms with van der Waals surface area (Å²) in [7, 11) is 0. The molecule has 1 aliphatic rings. The standard InChI is InChI=1S/C6H13B/c1-7(2)5-6-3-4-6/h6H,3-5H2,1-2H3. The van der Waals surface area contributed by atoms with Crippen molar-refractivity contribution in [3.8, 4) is 0 Å². The van der Waals surface area contributed by atoms with Crippen LogP contribution in [0.5, 0.6) is 0 Å². The molecule has 0 aromatic rings. The normalized spacial score (nSPS) is 19.7. The van der Waals surface area contributed by atoms with Gasteiger partial charge in [-0.1, -0.05) is 32.8 Å². The maximum Gasteiger partial charge on any atom is 0.133 e. The summed E-state index contributed by atoms with van der Waals surface area (Å²) < 4.78 is 0. The molecular weight excluding hydrogens is 82.9 g/mol. The molecular formula is C6H13B. The molecule has 0 amide bonds. The first kappa shape index (κ1) is 5.21. The second-order valence-electron chi connectivity index (χ2n) is 3.07. The van der Waals surface area contributed by atoms with E-state index in [1.54, 1.807) is 0 Å². The molecule has 0 saturated heterocycles. The average molecular weight is 96.0 g/mol. The van der Waals surface area contributed by atoms with E-state index in [1.165, 1.54) is 19.2 Å². The summed E-state index contributed by atoms with van der Waals surface area (Å²) >= 11 is 0. The fourth-order valence-electron chi connectivity index (χ4n) is 1.02. The highest BCUT2D eigenvalue weighted by atomic mass is 14.2. The van der Waals surface area contributed by atoms with E-state index in [0.717, 1.165) is 12.6 Å². The van der Waals surface area contributed by atoms with Gasteiger partial charge in [-0.15, -0.1) is 0 Å². The largest absolute Gasteiger partial charge is 0.133 e. The summed E-state index contributed by atoms with van der Waals surface area (Å²) in [5, 5.41) is 0. The molecule has 0 nitrogen and oxygen atoms in total. The number of hydrogen-bond donors (Lipinski definition) is 0. The summed E-state index contributed by atoms with van der Waals surface area (Å²) in [6.07, 6.45) is 4.50. The van der Waals surface area contributed by atoms with Crippen molar-refractivity contribution in [1.29, 1.82) is 0 Å². The van der Waals surface area contributed by atoms with Crippen LogP contribution < -0.4 is 0 Å². The number of rotatable bonds is 2. The summed E-state index contributed by atoms with van der Waals surface area (Å²) in [5.41, 5.74) is 0. The molecule has 40 valence electrons. The third kappa shape index (κ3) is 2.01. The second-order valence-corrected chi connectivity index (χ2v) is 3.07. The van der Waals surface area contributed by atoms with Crippen LogP contribution in [0, 0.1) is 5.92 Å².